The van der Waals surface area contributed by atoms with E-state index < -0.39 is 10.0 Å². The maximum absolute atomic E-state index is 12.7. The van der Waals surface area contributed by atoms with Gasteiger partial charge in [0.15, 0.2) is 11.0 Å². The van der Waals surface area contributed by atoms with Crippen LogP contribution >= 0.6 is 11.8 Å². The zero-order valence-electron chi connectivity index (χ0n) is 19.0. The van der Waals surface area contributed by atoms with Gasteiger partial charge in [-0.1, -0.05) is 48.2 Å². The number of aryl methyl sites for hydroxylation is 1. The molecule has 0 spiro atoms. The summed E-state index contributed by atoms with van der Waals surface area (Å²) < 4.78 is 28.5. The van der Waals surface area contributed by atoms with Crippen LogP contribution in [0.2, 0.25) is 0 Å². The van der Waals surface area contributed by atoms with Gasteiger partial charge in [-0.2, -0.15) is 5.26 Å². The minimum absolute atomic E-state index is 0.195. The summed E-state index contributed by atoms with van der Waals surface area (Å²) in [6.07, 6.45) is 0. The summed E-state index contributed by atoms with van der Waals surface area (Å²) in [7, 11) is -0.571. The Hall–Kier alpha value is -3.45. The number of benzene rings is 3. The van der Waals surface area contributed by atoms with Crippen LogP contribution in [-0.2, 0) is 15.8 Å². The number of aromatic nitrogens is 3. The first-order valence-electron chi connectivity index (χ1n) is 10.5. The Labute approximate surface area is 203 Å². The van der Waals surface area contributed by atoms with Crippen molar-refractivity contribution in [2.45, 2.75) is 22.7 Å². The fourth-order valence-corrected chi connectivity index (χ4v) is 5.24. The Bertz CT molecular complexity index is 1470. The maximum Gasteiger partial charge on any atom is 0.242 e. The Kier molecular flexibility index (Phi) is 6.84. The summed E-state index contributed by atoms with van der Waals surface area (Å²) in [5, 5.41) is 18.6. The van der Waals surface area contributed by atoms with Crippen molar-refractivity contribution in [2.75, 3.05) is 14.1 Å². The lowest BCUT2D eigenvalue weighted by molar-refractivity contribution is 0.521. The predicted octanol–water partition coefficient (Wildman–Crippen LogP) is 4.66. The number of nitriles is 1. The Morgan fingerprint density at radius 2 is 1.74 bits per heavy atom. The fraction of sp³-hybridized carbons (Fsp3) is 0.160. The van der Waals surface area contributed by atoms with Crippen LogP contribution in [-0.4, -0.2) is 41.6 Å². The molecule has 0 atom stereocenters. The smallest absolute Gasteiger partial charge is 0.242 e. The van der Waals surface area contributed by atoms with E-state index >= 15 is 0 Å². The second kappa shape index (κ2) is 9.81. The van der Waals surface area contributed by atoms with Crippen LogP contribution in [0, 0.1) is 18.3 Å². The second-order valence-electron chi connectivity index (χ2n) is 7.89. The van der Waals surface area contributed by atoms with Crippen LogP contribution in [0.5, 0.6) is 0 Å². The van der Waals surface area contributed by atoms with E-state index in [9.17, 15) is 8.42 Å². The number of nitrogens with zero attached hydrogens (tertiary/aromatic N) is 5. The molecule has 0 bridgehead atoms. The minimum Gasteiger partial charge on any atom is -0.270 e. The highest BCUT2D eigenvalue weighted by Gasteiger charge is 2.21. The lowest BCUT2D eigenvalue weighted by Crippen LogP contribution is -2.22. The highest BCUT2D eigenvalue weighted by molar-refractivity contribution is 7.98. The van der Waals surface area contributed by atoms with Gasteiger partial charge in [0.2, 0.25) is 10.0 Å². The summed E-state index contributed by atoms with van der Waals surface area (Å²) in [6, 6.07) is 24.3. The van der Waals surface area contributed by atoms with Gasteiger partial charge in [0.05, 0.1) is 16.5 Å². The first kappa shape index (κ1) is 23.7. The van der Waals surface area contributed by atoms with Crippen LogP contribution in [0.15, 0.2) is 82.8 Å². The number of thioether (sulfide) groups is 1. The number of sulfonamides is 1. The second-order valence-corrected chi connectivity index (χ2v) is 11.0. The van der Waals surface area contributed by atoms with Crippen LogP contribution in [0.25, 0.3) is 17.1 Å². The van der Waals surface area contributed by atoms with Gasteiger partial charge in [-0.05, 0) is 54.4 Å². The molecule has 0 saturated carbocycles. The van der Waals surface area contributed by atoms with Gasteiger partial charge in [0.1, 0.15) is 0 Å². The quantitative estimate of drug-likeness (QED) is 0.351. The molecule has 3 aromatic carbocycles. The summed E-state index contributed by atoms with van der Waals surface area (Å²) in [4.78, 5) is 0.195. The molecule has 0 aliphatic heterocycles. The third-order valence-corrected chi connectivity index (χ3v) is 8.03. The molecule has 0 aliphatic rings. The van der Waals surface area contributed by atoms with Gasteiger partial charge in [0, 0.05) is 31.1 Å². The van der Waals surface area contributed by atoms with Crippen molar-refractivity contribution in [1.82, 2.24) is 19.1 Å². The predicted molar refractivity (Wildman–Crippen MR) is 133 cm³/mol. The largest absolute Gasteiger partial charge is 0.270 e. The summed E-state index contributed by atoms with van der Waals surface area (Å²) in [5.74, 6) is 1.20. The van der Waals surface area contributed by atoms with Crippen molar-refractivity contribution >= 4 is 21.8 Å². The van der Waals surface area contributed by atoms with Crippen LogP contribution in [0.3, 0.4) is 0 Å². The molecule has 0 unspecified atom stereocenters. The molecule has 0 saturated heterocycles. The molecule has 1 aromatic heterocycles. The van der Waals surface area contributed by atoms with Crippen molar-refractivity contribution in [3.05, 3.63) is 89.5 Å². The molecule has 7 nitrogen and oxygen atoms in total. The van der Waals surface area contributed by atoms with E-state index in [0.717, 1.165) is 16.8 Å². The number of rotatable bonds is 7. The van der Waals surface area contributed by atoms with E-state index in [1.807, 2.05) is 54.0 Å². The van der Waals surface area contributed by atoms with E-state index in [-0.39, 0.29) is 4.90 Å². The fourth-order valence-electron chi connectivity index (χ4n) is 3.38. The molecule has 4 aromatic rings. The molecule has 0 radical (unpaired) electrons. The van der Waals surface area contributed by atoms with Gasteiger partial charge >= 0.3 is 0 Å². The summed E-state index contributed by atoms with van der Waals surface area (Å²) in [5.41, 5.74) is 4.31. The van der Waals surface area contributed by atoms with Crippen molar-refractivity contribution < 1.29 is 8.42 Å². The molecule has 0 amide bonds. The van der Waals surface area contributed by atoms with Crippen molar-refractivity contribution in [2.24, 2.45) is 0 Å². The first-order chi connectivity index (χ1) is 16.3. The molecular formula is C25H23N5O2S2. The molecule has 1 heterocycles. The zero-order chi connectivity index (χ0) is 24.3. The van der Waals surface area contributed by atoms with E-state index in [1.165, 1.54) is 30.2 Å². The lowest BCUT2D eigenvalue weighted by atomic mass is 10.2. The van der Waals surface area contributed by atoms with Crippen molar-refractivity contribution in [3.63, 3.8) is 0 Å². The Balaban J connectivity index is 1.77. The van der Waals surface area contributed by atoms with Crippen molar-refractivity contribution in [3.8, 4) is 23.1 Å². The van der Waals surface area contributed by atoms with E-state index in [1.54, 1.807) is 30.3 Å². The molecule has 9 heteroatoms. The minimum atomic E-state index is -3.59. The summed E-state index contributed by atoms with van der Waals surface area (Å²) in [6.45, 7) is 2.02. The van der Waals surface area contributed by atoms with Gasteiger partial charge in [-0.25, -0.2) is 12.7 Å². The van der Waals surface area contributed by atoms with E-state index in [2.05, 4.69) is 16.3 Å². The Morgan fingerprint density at radius 1 is 1.00 bits per heavy atom. The van der Waals surface area contributed by atoms with E-state index in [4.69, 9.17) is 5.26 Å². The summed E-state index contributed by atoms with van der Waals surface area (Å²) >= 11 is 1.52. The van der Waals surface area contributed by atoms with Crippen LogP contribution < -0.4 is 0 Å². The normalized spacial score (nSPS) is 11.5. The van der Waals surface area contributed by atoms with Crippen LogP contribution in [0.4, 0.5) is 0 Å². The molecule has 4 rings (SSSR count). The van der Waals surface area contributed by atoms with Crippen LogP contribution in [0.1, 0.15) is 16.7 Å². The van der Waals surface area contributed by atoms with Crippen molar-refractivity contribution in [1.29, 1.82) is 5.26 Å². The molecule has 0 N–H and O–H groups in total. The van der Waals surface area contributed by atoms with Gasteiger partial charge in [0.25, 0.3) is 0 Å². The molecule has 34 heavy (non-hydrogen) atoms. The topological polar surface area (TPSA) is 91.9 Å². The number of hydrogen-bond donors (Lipinski definition) is 0. The monoisotopic (exact) mass is 489 g/mol. The van der Waals surface area contributed by atoms with Gasteiger partial charge in [-0.3, -0.25) is 4.57 Å². The molecule has 172 valence electrons. The Morgan fingerprint density at radius 3 is 2.41 bits per heavy atom. The molecule has 0 fully saturated rings. The number of hydrogen-bond acceptors (Lipinski definition) is 6. The zero-order valence-corrected chi connectivity index (χ0v) is 20.6. The maximum atomic E-state index is 12.7. The lowest BCUT2D eigenvalue weighted by Gasteiger charge is -2.14. The van der Waals surface area contributed by atoms with E-state index in [0.29, 0.717) is 27.9 Å². The highest BCUT2D eigenvalue weighted by atomic mass is 32.2. The third-order valence-electron chi connectivity index (χ3n) is 5.21. The average Bonchev–Trinajstić information content (AvgIpc) is 3.27. The highest BCUT2D eigenvalue weighted by Crippen LogP contribution is 2.31. The van der Waals surface area contributed by atoms with Gasteiger partial charge in [-0.15, -0.1) is 10.2 Å². The molecule has 0 aliphatic carbocycles. The average molecular weight is 490 g/mol. The third kappa shape index (κ3) is 4.89. The van der Waals surface area contributed by atoms with Gasteiger partial charge < -0.3 is 0 Å². The standard InChI is InChI=1S/C25H23N5O2S2/c1-18-6-4-8-22(14-18)30-24(21-7-5-9-23(15-21)34(31,32)29(2)3)27-28-25(30)33-17-20-12-10-19(16-26)11-13-20/h4-15H,17H2,1-3H3. The molecular weight excluding hydrogens is 466 g/mol. The first-order valence-corrected chi connectivity index (χ1v) is 12.9. The SMILES string of the molecule is Cc1cccc(-n2c(SCc3ccc(C#N)cc3)nnc2-c2cccc(S(=O)(=O)N(C)C)c2)c1.